The first-order valence-corrected chi connectivity index (χ1v) is 9.72. The largest absolute Gasteiger partial charge is 0.308 e. The number of aromatic nitrogens is 3. The van der Waals surface area contributed by atoms with Crippen LogP contribution in [0.3, 0.4) is 0 Å². The lowest BCUT2D eigenvalue weighted by Crippen LogP contribution is -2.14. The van der Waals surface area contributed by atoms with Gasteiger partial charge in [-0.15, -0.1) is 11.8 Å². The van der Waals surface area contributed by atoms with Gasteiger partial charge in [0.25, 0.3) is 0 Å². The van der Waals surface area contributed by atoms with Crippen LogP contribution in [-0.2, 0) is 24.2 Å². The molecule has 0 spiro atoms. The van der Waals surface area contributed by atoms with E-state index in [9.17, 15) is 4.79 Å². The van der Waals surface area contributed by atoms with E-state index in [4.69, 9.17) is 0 Å². The number of aryl methyl sites for hydroxylation is 2. The average Bonchev–Trinajstić information content (AvgIpc) is 3.29. The number of nitrogens with one attached hydrogen (secondary N) is 1. The second-order valence-electron chi connectivity index (χ2n) is 6.37. The molecule has 3 aromatic rings. The zero-order chi connectivity index (χ0) is 17.8. The highest BCUT2D eigenvalue weighted by atomic mass is 32.2. The Hall–Kier alpha value is -2.60. The van der Waals surface area contributed by atoms with E-state index in [0.29, 0.717) is 18.1 Å². The lowest BCUT2D eigenvalue weighted by molar-refractivity contribution is -0.113. The molecule has 0 unspecified atom stereocenters. The van der Waals surface area contributed by atoms with Crippen molar-refractivity contribution in [2.75, 3.05) is 11.1 Å². The van der Waals surface area contributed by atoms with Gasteiger partial charge < -0.3 is 5.32 Å². The molecule has 1 amide bonds. The van der Waals surface area contributed by atoms with Crippen LogP contribution < -0.4 is 5.32 Å². The number of fused-ring (bicyclic) bond motifs is 1. The van der Waals surface area contributed by atoms with Gasteiger partial charge in [-0.1, -0.05) is 6.07 Å². The van der Waals surface area contributed by atoms with Crippen LogP contribution in [0.15, 0.2) is 59.9 Å². The van der Waals surface area contributed by atoms with E-state index in [2.05, 4.69) is 33.6 Å². The lowest BCUT2D eigenvalue weighted by Gasteiger charge is -2.05. The summed E-state index contributed by atoms with van der Waals surface area (Å²) in [7, 11) is 0. The highest BCUT2D eigenvalue weighted by Crippen LogP contribution is 2.27. The number of hydrogen-bond acceptors (Lipinski definition) is 4. The molecule has 0 saturated carbocycles. The topological polar surface area (TPSA) is 59.8 Å². The van der Waals surface area contributed by atoms with Crippen LogP contribution in [-0.4, -0.2) is 26.4 Å². The van der Waals surface area contributed by atoms with E-state index in [0.717, 1.165) is 16.9 Å². The number of nitrogens with zero attached hydrogens (tertiary/aromatic N) is 3. The number of anilines is 1. The third kappa shape index (κ3) is 4.14. The standard InChI is InChI=1S/C20H20N4OS/c25-20(14-26-18-5-4-16-2-1-3-17(16)12-18)22-19-8-11-24(23-19)13-15-6-9-21-10-7-15/h4-12H,1-3,13-14H2,(H,22,23,25). The van der Waals surface area contributed by atoms with Crippen molar-refractivity contribution in [2.45, 2.75) is 30.7 Å². The van der Waals surface area contributed by atoms with Crippen molar-refractivity contribution >= 4 is 23.5 Å². The summed E-state index contributed by atoms with van der Waals surface area (Å²) in [4.78, 5) is 17.4. The molecule has 0 aliphatic heterocycles. The van der Waals surface area contributed by atoms with E-state index in [-0.39, 0.29) is 5.91 Å². The van der Waals surface area contributed by atoms with Crippen LogP contribution in [0.2, 0.25) is 0 Å². The molecule has 0 fully saturated rings. The fourth-order valence-corrected chi connectivity index (χ4v) is 3.92. The molecule has 1 aromatic carbocycles. The molecular formula is C20H20N4OS. The normalized spacial score (nSPS) is 12.8. The maximum absolute atomic E-state index is 12.2. The van der Waals surface area contributed by atoms with Gasteiger partial charge in [-0.2, -0.15) is 5.10 Å². The molecule has 2 heterocycles. The highest BCUT2D eigenvalue weighted by Gasteiger charge is 2.12. The molecule has 6 heteroatoms. The summed E-state index contributed by atoms with van der Waals surface area (Å²) in [5, 5.41) is 7.27. The van der Waals surface area contributed by atoms with Crippen molar-refractivity contribution in [1.29, 1.82) is 0 Å². The van der Waals surface area contributed by atoms with Crippen molar-refractivity contribution in [3.8, 4) is 0 Å². The van der Waals surface area contributed by atoms with Gasteiger partial charge in [0.05, 0.1) is 12.3 Å². The van der Waals surface area contributed by atoms with Gasteiger partial charge in [0.15, 0.2) is 5.82 Å². The number of hydrogen-bond donors (Lipinski definition) is 1. The van der Waals surface area contributed by atoms with Crippen LogP contribution >= 0.6 is 11.8 Å². The van der Waals surface area contributed by atoms with E-state index in [1.165, 1.54) is 24.0 Å². The molecule has 2 aromatic heterocycles. The van der Waals surface area contributed by atoms with Crippen LogP contribution in [0.4, 0.5) is 5.82 Å². The fourth-order valence-electron chi connectivity index (χ4n) is 3.16. The van der Waals surface area contributed by atoms with Crippen molar-refractivity contribution in [2.24, 2.45) is 0 Å². The van der Waals surface area contributed by atoms with Crippen LogP contribution in [0.25, 0.3) is 0 Å². The first-order valence-electron chi connectivity index (χ1n) is 8.73. The summed E-state index contributed by atoms with van der Waals surface area (Å²) < 4.78 is 1.80. The summed E-state index contributed by atoms with van der Waals surface area (Å²) in [5.41, 5.74) is 4.01. The molecule has 0 saturated heterocycles. The molecule has 0 atom stereocenters. The van der Waals surface area contributed by atoms with E-state index < -0.39 is 0 Å². The Morgan fingerprint density at radius 2 is 1.96 bits per heavy atom. The summed E-state index contributed by atoms with van der Waals surface area (Å²) in [6.45, 7) is 0.655. The Morgan fingerprint density at radius 1 is 1.12 bits per heavy atom. The van der Waals surface area contributed by atoms with Gasteiger partial charge in [-0.25, -0.2) is 0 Å². The molecule has 5 nitrogen and oxygen atoms in total. The number of carbonyl (C=O) groups excluding carboxylic acids is 1. The molecule has 0 bridgehead atoms. The predicted molar refractivity (Wildman–Crippen MR) is 103 cm³/mol. The third-order valence-electron chi connectivity index (χ3n) is 4.44. The zero-order valence-corrected chi connectivity index (χ0v) is 15.2. The molecule has 1 N–H and O–H groups in total. The van der Waals surface area contributed by atoms with Crippen molar-refractivity contribution < 1.29 is 4.79 Å². The summed E-state index contributed by atoms with van der Waals surface area (Å²) in [5.74, 6) is 0.930. The summed E-state index contributed by atoms with van der Waals surface area (Å²) >= 11 is 1.57. The van der Waals surface area contributed by atoms with Crippen LogP contribution in [0.5, 0.6) is 0 Å². The zero-order valence-electron chi connectivity index (χ0n) is 14.4. The SMILES string of the molecule is O=C(CSc1ccc2c(c1)CCC2)Nc1ccn(Cc2ccncc2)n1. The fraction of sp³-hybridized carbons (Fsp3) is 0.250. The summed E-state index contributed by atoms with van der Waals surface area (Å²) in [6, 6.07) is 12.3. The van der Waals surface area contributed by atoms with E-state index in [1.807, 2.05) is 24.4 Å². The second-order valence-corrected chi connectivity index (χ2v) is 7.42. The smallest absolute Gasteiger partial charge is 0.235 e. The Morgan fingerprint density at radius 3 is 2.85 bits per heavy atom. The second kappa shape index (κ2) is 7.74. The molecule has 0 radical (unpaired) electrons. The lowest BCUT2D eigenvalue weighted by atomic mass is 10.1. The maximum atomic E-state index is 12.2. The number of carbonyl (C=O) groups is 1. The molecule has 4 rings (SSSR count). The molecule has 26 heavy (non-hydrogen) atoms. The Kier molecular flexibility index (Phi) is 5.02. The quantitative estimate of drug-likeness (QED) is 0.680. The number of thioether (sulfide) groups is 1. The molecule has 132 valence electrons. The third-order valence-corrected chi connectivity index (χ3v) is 5.44. The number of benzene rings is 1. The first kappa shape index (κ1) is 16.8. The van der Waals surface area contributed by atoms with Crippen LogP contribution in [0, 0.1) is 0 Å². The minimum atomic E-state index is -0.0374. The van der Waals surface area contributed by atoms with Gasteiger partial charge in [-0.3, -0.25) is 14.5 Å². The van der Waals surface area contributed by atoms with Gasteiger partial charge >= 0.3 is 0 Å². The number of amides is 1. The van der Waals surface area contributed by atoms with Gasteiger partial charge in [0.2, 0.25) is 5.91 Å². The maximum Gasteiger partial charge on any atom is 0.235 e. The number of pyridine rings is 1. The average molecular weight is 364 g/mol. The van der Waals surface area contributed by atoms with Crippen molar-refractivity contribution in [3.63, 3.8) is 0 Å². The van der Waals surface area contributed by atoms with Gasteiger partial charge in [-0.05, 0) is 60.2 Å². The summed E-state index contributed by atoms with van der Waals surface area (Å²) in [6.07, 6.45) is 8.97. The Labute approximate surface area is 156 Å². The first-order chi connectivity index (χ1) is 12.8. The Bertz CT molecular complexity index is 907. The Balaban J connectivity index is 1.29. The highest BCUT2D eigenvalue weighted by molar-refractivity contribution is 8.00. The van der Waals surface area contributed by atoms with E-state index >= 15 is 0 Å². The van der Waals surface area contributed by atoms with Gasteiger partial charge in [0.1, 0.15) is 0 Å². The van der Waals surface area contributed by atoms with Crippen molar-refractivity contribution in [1.82, 2.24) is 14.8 Å². The minimum Gasteiger partial charge on any atom is -0.308 e. The molecule has 1 aliphatic carbocycles. The monoisotopic (exact) mass is 364 g/mol. The predicted octanol–water partition coefficient (Wildman–Crippen LogP) is 3.55. The van der Waals surface area contributed by atoms with Crippen molar-refractivity contribution in [3.05, 3.63) is 71.7 Å². The van der Waals surface area contributed by atoms with Gasteiger partial charge in [0, 0.05) is 29.6 Å². The van der Waals surface area contributed by atoms with Crippen LogP contribution in [0.1, 0.15) is 23.1 Å². The number of rotatable bonds is 6. The van der Waals surface area contributed by atoms with E-state index in [1.54, 1.807) is 28.8 Å². The molecular weight excluding hydrogens is 344 g/mol. The minimum absolute atomic E-state index is 0.0374. The molecule has 1 aliphatic rings.